The zero-order valence-corrected chi connectivity index (χ0v) is 11.1. The van der Waals surface area contributed by atoms with Gasteiger partial charge in [-0.2, -0.15) is 9.57 Å². The molecule has 0 N–H and O–H groups in total. The van der Waals surface area contributed by atoms with Crippen LogP contribution < -0.4 is 0 Å². The van der Waals surface area contributed by atoms with Crippen molar-refractivity contribution in [3.63, 3.8) is 0 Å². The fourth-order valence-electron chi connectivity index (χ4n) is 1.61. The average molecular weight is 276 g/mol. The molecule has 0 bridgehead atoms. The molecule has 0 amide bonds. The van der Waals surface area contributed by atoms with E-state index in [1.54, 1.807) is 6.07 Å². The molecule has 0 unspecified atom stereocenters. The SMILES string of the molecule is CN(Cc1ccoc1)S(=O)(=O)c1ccc(C#N)cc1. The Morgan fingerprint density at radius 1 is 1.26 bits per heavy atom. The summed E-state index contributed by atoms with van der Waals surface area (Å²) in [6.07, 6.45) is 3.00. The summed E-state index contributed by atoms with van der Waals surface area (Å²) >= 11 is 0. The Bertz CT molecular complexity index is 682. The molecule has 0 fully saturated rings. The van der Waals surface area contributed by atoms with Crippen LogP contribution in [0.3, 0.4) is 0 Å². The Balaban J connectivity index is 2.23. The molecule has 0 atom stereocenters. The number of nitriles is 1. The number of benzene rings is 1. The minimum atomic E-state index is -3.56. The first-order valence-corrected chi connectivity index (χ1v) is 6.95. The quantitative estimate of drug-likeness (QED) is 0.855. The van der Waals surface area contributed by atoms with E-state index in [2.05, 4.69) is 0 Å². The van der Waals surface area contributed by atoms with Crippen molar-refractivity contribution in [2.75, 3.05) is 7.05 Å². The summed E-state index contributed by atoms with van der Waals surface area (Å²) in [5.41, 5.74) is 1.20. The van der Waals surface area contributed by atoms with Gasteiger partial charge in [-0.3, -0.25) is 0 Å². The second-order valence-corrected chi connectivity index (χ2v) is 6.07. The molecule has 2 aromatic rings. The van der Waals surface area contributed by atoms with E-state index in [0.717, 1.165) is 5.56 Å². The highest BCUT2D eigenvalue weighted by atomic mass is 32.2. The maximum Gasteiger partial charge on any atom is 0.243 e. The fourth-order valence-corrected chi connectivity index (χ4v) is 2.77. The molecule has 19 heavy (non-hydrogen) atoms. The van der Waals surface area contributed by atoms with Gasteiger partial charge in [0.15, 0.2) is 0 Å². The van der Waals surface area contributed by atoms with Crippen molar-refractivity contribution in [3.05, 3.63) is 54.0 Å². The first kappa shape index (κ1) is 13.3. The normalized spacial score (nSPS) is 11.4. The van der Waals surface area contributed by atoms with Gasteiger partial charge in [-0.1, -0.05) is 0 Å². The molecule has 6 heteroatoms. The Morgan fingerprint density at radius 2 is 1.95 bits per heavy atom. The molecule has 0 radical (unpaired) electrons. The van der Waals surface area contributed by atoms with Crippen LogP contribution in [0.4, 0.5) is 0 Å². The lowest BCUT2D eigenvalue weighted by Gasteiger charge is -2.16. The largest absolute Gasteiger partial charge is 0.472 e. The molecular formula is C13H12N2O3S. The van der Waals surface area contributed by atoms with E-state index in [1.165, 1.54) is 48.1 Å². The zero-order valence-electron chi connectivity index (χ0n) is 10.3. The van der Waals surface area contributed by atoms with Crippen molar-refractivity contribution in [1.29, 1.82) is 5.26 Å². The average Bonchev–Trinajstić information content (AvgIpc) is 2.91. The Hall–Kier alpha value is -2.10. The molecule has 0 aliphatic heterocycles. The predicted octanol–water partition coefficient (Wildman–Crippen LogP) is 1.97. The molecule has 0 aliphatic carbocycles. The number of hydrogen-bond donors (Lipinski definition) is 0. The summed E-state index contributed by atoms with van der Waals surface area (Å²) in [6.45, 7) is 0.235. The molecule has 1 aromatic carbocycles. The van der Waals surface area contributed by atoms with Crippen molar-refractivity contribution < 1.29 is 12.8 Å². The van der Waals surface area contributed by atoms with E-state index in [-0.39, 0.29) is 11.4 Å². The molecule has 2 rings (SSSR count). The topological polar surface area (TPSA) is 74.3 Å². The number of nitrogens with zero attached hydrogens (tertiary/aromatic N) is 2. The highest BCUT2D eigenvalue weighted by Crippen LogP contribution is 2.17. The molecule has 1 aromatic heterocycles. The standard InChI is InChI=1S/C13H12N2O3S/c1-15(9-12-6-7-18-10-12)19(16,17)13-4-2-11(8-14)3-5-13/h2-7,10H,9H2,1H3. The molecule has 0 saturated carbocycles. The molecular weight excluding hydrogens is 264 g/mol. The smallest absolute Gasteiger partial charge is 0.243 e. The van der Waals surface area contributed by atoms with E-state index < -0.39 is 10.0 Å². The molecule has 0 aliphatic rings. The lowest BCUT2D eigenvalue weighted by Crippen LogP contribution is -2.26. The van der Waals surface area contributed by atoms with Crippen LogP contribution in [-0.4, -0.2) is 19.8 Å². The van der Waals surface area contributed by atoms with Crippen LogP contribution in [0.5, 0.6) is 0 Å². The van der Waals surface area contributed by atoms with E-state index >= 15 is 0 Å². The Kier molecular flexibility index (Phi) is 3.69. The third-order valence-corrected chi connectivity index (χ3v) is 4.49. The van der Waals surface area contributed by atoms with Gasteiger partial charge >= 0.3 is 0 Å². The molecule has 0 spiro atoms. The van der Waals surface area contributed by atoms with Crippen molar-refractivity contribution in [3.8, 4) is 6.07 Å². The van der Waals surface area contributed by atoms with Crippen molar-refractivity contribution in [2.45, 2.75) is 11.4 Å². The van der Waals surface area contributed by atoms with Crippen molar-refractivity contribution in [1.82, 2.24) is 4.31 Å². The van der Waals surface area contributed by atoms with Gasteiger partial charge in [-0.25, -0.2) is 8.42 Å². The van der Waals surface area contributed by atoms with Crippen molar-refractivity contribution >= 4 is 10.0 Å². The summed E-state index contributed by atoms with van der Waals surface area (Å²) in [6, 6.07) is 9.49. The van der Waals surface area contributed by atoms with Crippen LogP contribution in [0.2, 0.25) is 0 Å². The second-order valence-electron chi connectivity index (χ2n) is 4.03. The van der Waals surface area contributed by atoms with Gasteiger partial charge in [0.2, 0.25) is 10.0 Å². The monoisotopic (exact) mass is 276 g/mol. The number of furan rings is 1. The van der Waals surface area contributed by atoms with E-state index in [0.29, 0.717) is 5.56 Å². The second kappa shape index (κ2) is 5.26. The van der Waals surface area contributed by atoms with E-state index in [4.69, 9.17) is 9.68 Å². The summed E-state index contributed by atoms with van der Waals surface area (Å²) in [4.78, 5) is 0.164. The molecule has 5 nitrogen and oxygen atoms in total. The third-order valence-electron chi connectivity index (χ3n) is 2.68. The maximum atomic E-state index is 12.3. The summed E-state index contributed by atoms with van der Waals surface area (Å²) in [7, 11) is -2.06. The van der Waals surface area contributed by atoms with E-state index in [9.17, 15) is 8.42 Å². The Labute approximate surface area is 111 Å². The van der Waals surface area contributed by atoms with Crippen LogP contribution in [0, 0.1) is 11.3 Å². The summed E-state index contributed by atoms with van der Waals surface area (Å²) < 4.78 is 30.7. The van der Waals surface area contributed by atoms with Crippen LogP contribution in [0.15, 0.2) is 52.2 Å². The minimum Gasteiger partial charge on any atom is -0.472 e. The molecule has 1 heterocycles. The van der Waals surface area contributed by atoms with Gasteiger partial charge in [-0.05, 0) is 30.3 Å². The van der Waals surface area contributed by atoms with Crippen LogP contribution in [0.1, 0.15) is 11.1 Å². The van der Waals surface area contributed by atoms with Gasteiger partial charge in [0, 0.05) is 19.2 Å². The first-order valence-electron chi connectivity index (χ1n) is 5.51. The van der Waals surface area contributed by atoms with Crippen LogP contribution >= 0.6 is 0 Å². The predicted molar refractivity (Wildman–Crippen MR) is 68.5 cm³/mol. The number of sulfonamides is 1. The van der Waals surface area contributed by atoms with Gasteiger partial charge in [-0.15, -0.1) is 0 Å². The van der Waals surface area contributed by atoms with Crippen LogP contribution in [0.25, 0.3) is 0 Å². The van der Waals surface area contributed by atoms with Crippen molar-refractivity contribution in [2.24, 2.45) is 0 Å². The zero-order chi connectivity index (χ0) is 13.9. The van der Waals surface area contributed by atoms with Gasteiger partial charge < -0.3 is 4.42 Å². The minimum absolute atomic E-state index is 0.164. The lowest BCUT2D eigenvalue weighted by atomic mass is 10.2. The summed E-state index contributed by atoms with van der Waals surface area (Å²) in [5, 5.41) is 8.69. The van der Waals surface area contributed by atoms with Gasteiger partial charge in [0.05, 0.1) is 29.1 Å². The highest BCUT2D eigenvalue weighted by molar-refractivity contribution is 7.89. The number of rotatable bonds is 4. The van der Waals surface area contributed by atoms with Gasteiger partial charge in [0.1, 0.15) is 0 Å². The molecule has 0 saturated heterocycles. The molecule has 98 valence electrons. The third kappa shape index (κ3) is 2.84. The fraction of sp³-hybridized carbons (Fsp3) is 0.154. The summed E-state index contributed by atoms with van der Waals surface area (Å²) in [5.74, 6) is 0. The number of hydrogen-bond acceptors (Lipinski definition) is 4. The van der Waals surface area contributed by atoms with Crippen LogP contribution in [-0.2, 0) is 16.6 Å². The first-order chi connectivity index (χ1) is 9.04. The lowest BCUT2D eigenvalue weighted by molar-refractivity contribution is 0.463. The Morgan fingerprint density at radius 3 is 2.47 bits per heavy atom. The van der Waals surface area contributed by atoms with Gasteiger partial charge in [0.25, 0.3) is 0 Å². The maximum absolute atomic E-state index is 12.3. The van der Waals surface area contributed by atoms with E-state index in [1.807, 2.05) is 6.07 Å². The highest BCUT2D eigenvalue weighted by Gasteiger charge is 2.20.